The molecule has 1 unspecified atom stereocenters. The van der Waals surface area contributed by atoms with Crippen LogP contribution in [0.3, 0.4) is 0 Å². The molecular formula is C20H21NO4S. The lowest BCUT2D eigenvalue weighted by molar-refractivity contribution is 0.0983. The number of ether oxygens (including phenoxy) is 1. The van der Waals surface area contributed by atoms with Gasteiger partial charge in [0, 0.05) is 16.7 Å². The van der Waals surface area contributed by atoms with Crippen molar-refractivity contribution in [3.05, 3.63) is 70.6 Å². The fourth-order valence-corrected chi connectivity index (χ4v) is 4.43. The fourth-order valence-electron chi connectivity index (χ4n) is 3.16. The molecule has 0 aromatic heterocycles. The number of hydrogen-bond donors (Lipinski definition) is 0. The Bertz CT molecular complexity index is 959. The fraction of sp³-hybridized carbons (Fsp3) is 0.250. The number of aryl methyl sites for hydroxylation is 2. The van der Waals surface area contributed by atoms with Gasteiger partial charge < -0.3 is 9.64 Å². The summed E-state index contributed by atoms with van der Waals surface area (Å²) in [7, 11) is -1.76. The number of sulfone groups is 1. The van der Waals surface area contributed by atoms with Crippen molar-refractivity contribution >= 4 is 21.4 Å². The van der Waals surface area contributed by atoms with E-state index in [1.807, 2.05) is 32.0 Å². The maximum absolute atomic E-state index is 13.3. The molecule has 1 heterocycles. The van der Waals surface area contributed by atoms with Gasteiger partial charge in [-0.2, -0.15) is 0 Å². The molecule has 1 aliphatic rings. The maximum atomic E-state index is 13.3. The van der Waals surface area contributed by atoms with Gasteiger partial charge in [-0.25, -0.2) is 8.42 Å². The normalized spacial score (nSPS) is 17.9. The molecule has 2 aromatic carbocycles. The van der Waals surface area contributed by atoms with E-state index in [1.165, 1.54) is 12.5 Å². The standard InChI is InChI=1S/C20H21NO4S/c1-14-9-15(2)11-18(10-14)21(17-7-8-26(23,24)13-17)20(22)16-5-4-6-19(12-16)25-3/h4-12,17H,13H2,1-3H3. The van der Waals surface area contributed by atoms with Crippen LogP contribution < -0.4 is 9.64 Å². The lowest BCUT2D eigenvalue weighted by atomic mass is 10.1. The van der Waals surface area contributed by atoms with Crippen molar-refractivity contribution < 1.29 is 17.9 Å². The highest BCUT2D eigenvalue weighted by Crippen LogP contribution is 2.27. The van der Waals surface area contributed by atoms with Crippen molar-refractivity contribution in [2.45, 2.75) is 19.9 Å². The summed E-state index contributed by atoms with van der Waals surface area (Å²) in [5.74, 6) is 0.196. The second-order valence-corrected chi connectivity index (χ2v) is 8.41. The lowest BCUT2D eigenvalue weighted by Gasteiger charge is -2.28. The van der Waals surface area contributed by atoms with E-state index in [0.29, 0.717) is 17.0 Å². The van der Waals surface area contributed by atoms with Gasteiger partial charge in [-0.1, -0.05) is 12.1 Å². The van der Waals surface area contributed by atoms with E-state index in [-0.39, 0.29) is 11.7 Å². The largest absolute Gasteiger partial charge is 0.497 e. The average molecular weight is 371 g/mol. The zero-order valence-corrected chi connectivity index (χ0v) is 15.8. The van der Waals surface area contributed by atoms with Crippen LogP contribution in [0, 0.1) is 13.8 Å². The van der Waals surface area contributed by atoms with E-state index >= 15 is 0 Å². The summed E-state index contributed by atoms with van der Waals surface area (Å²) in [6.45, 7) is 3.90. The zero-order chi connectivity index (χ0) is 18.9. The van der Waals surface area contributed by atoms with E-state index in [9.17, 15) is 13.2 Å². The highest BCUT2D eigenvalue weighted by molar-refractivity contribution is 7.94. The van der Waals surface area contributed by atoms with Crippen molar-refractivity contribution in [3.8, 4) is 5.75 Å². The molecule has 2 aromatic rings. The number of benzene rings is 2. The quantitative estimate of drug-likeness (QED) is 0.827. The molecule has 136 valence electrons. The molecule has 3 rings (SSSR count). The number of hydrogen-bond acceptors (Lipinski definition) is 4. The molecule has 5 nitrogen and oxygen atoms in total. The van der Waals surface area contributed by atoms with Gasteiger partial charge in [-0.3, -0.25) is 4.79 Å². The smallest absolute Gasteiger partial charge is 0.258 e. The molecule has 6 heteroatoms. The van der Waals surface area contributed by atoms with Crippen LogP contribution in [0.4, 0.5) is 5.69 Å². The Balaban J connectivity index is 2.08. The SMILES string of the molecule is COc1cccc(C(=O)N(c2cc(C)cc(C)c2)C2C=CS(=O)(=O)C2)c1. The minimum absolute atomic E-state index is 0.115. The van der Waals surface area contributed by atoms with Crippen molar-refractivity contribution in [1.29, 1.82) is 0 Å². The Morgan fingerprint density at radius 3 is 2.38 bits per heavy atom. The minimum atomic E-state index is -3.30. The number of carbonyl (C=O) groups excluding carboxylic acids is 1. The van der Waals surface area contributed by atoms with Crippen LogP contribution in [-0.4, -0.2) is 33.2 Å². The molecule has 0 N–H and O–H groups in total. The summed E-state index contributed by atoms with van der Waals surface area (Å²) in [6.07, 6.45) is 1.57. The van der Waals surface area contributed by atoms with Crippen molar-refractivity contribution in [1.82, 2.24) is 0 Å². The molecule has 1 amide bonds. The molecule has 0 radical (unpaired) electrons. The summed E-state index contributed by atoms with van der Waals surface area (Å²) in [5.41, 5.74) is 3.14. The maximum Gasteiger partial charge on any atom is 0.258 e. The van der Waals surface area contributed by atoms with Crippen LogP contribution >= 0.6 is 0 Å². The summed E-state index contributed by atoms with van der Waals surface area (Å²) >= 11 is 0. The summed E-state index contributed by atoms with van der Waals surface area (Å²) < 4.78 is 29.1. The average Bonchev–Trinajstić information content (AvgIpc) is 2.93. The van der Waals surface area contributed by atoms with Gasteiger partial charge in [0.25, 0.3) is 5.91 Å². The topological polar surface area (TPSA) is 63.7 Å². The predicted molar refractivity (Wildman–Crippen MR) is 102 cm³/mol. The summed E-state index contributed by atoms with van der Waals surface area (Å²) in [4.78, 5) is 14.8. The van der Waals surface area contributed by atoms with Crippen LogP contribution in [-0.2, 0) is 9.84 Å². The van der Waals surface area contributed by atoms with Gasteiger partial charge in [-0.05, 0) is 61.4 Å². The van der Waals surface area contributed by atoms with E-state index in [1.54, 1.807) is 35.2 Å². The highest BCUT2D eigenvalue weighted by atomic mass is 32.2. The van der Waals surface area contributed by atoms with E-state index < -0.39 is 15.9 Å². The summed E-state index contributed by atoms with van der Waals surface area (Å²) in [6, 6.07) is 12.1. The first-order valence-corrected chi connectivity index (χ1v) is 9.97. The third-order valence-electron chi connectivity index (χ3n) is 4.26. The van der Waals surface area contributed by atoms with Crippen LogP contribution in [0.25, 0.3) is 0 Å². The van der Waals surface area contributed by atoms with E-state index in [0.717, 1.165) is 11.1 Å². The van der Waals surface area contributed by atoms with Crippen LogP contribution in [0.1, 0.15) is 21.5 Å². The van der Waals surface area contributed by atoms with Gasteiger partial charge in [0.05, 0.1) is 18.9 Å². The molecule has 0 saturated carbocycles. The number of anilines is 1. The zero-order valence-electron chi connectivity index (χ0n) is 15.0. The van der Waals surface area contributed by atoms with Crippen molar-refractivity contribution in [2.75, 3.05) is 17.8 Å². The molecule has 0 fully saturated rings. The number of nitrogens with zero attached hydrogens (tertiary/aromatic N) is 1. The Kier molecular flexibility index (Phi) is 4.87. The second-order valence-electron chi connectivity index (χ2n) is 6.48. The van der Waals surface area contributed by atoms with Crippen molar-refractivity contribution in [3.63, 3.8) is 0 Å². The molecule has 1 atom stereocenters. The number of carbonyl (C=O) groups is 1. The lowest BCUT2D eigenvalue weighted by Crippen LogP contribution is -2.41. The van der Waals surface area contributed by atoms with Gasteiger partial charge >= 0.3 is 0 Å². The number of rotatable bonds is 4. The first-order chi connectivity index (χ1) is 12.3. The van der Waals surface area contributed by atoms with Gasteiger partial charge in [0.1, 0.15) is 5.75 Å². The minimum Gasteiger partial charge on any atom is -0.497 e. The molecule has 0 aliphatic carbocycles. The molecule has 0 saturated heterocycles. The Morgan fingerprint density at radius 2 is 1.81 bits per heavy atom. The molecule has 0 bridgehead atoms. The first-order valence-electron chi connectivity index (χ1n) is 8.26. The molecule has 1 aliphatic heterocycles. The number of amides is 1. The van der Waals surface area contributed by atoms with E-state index in [4.69, 9.17) is 4.74 Å². The molecule has 0 spiro atoms. The van der Waals surface area contributed by atoms with Crippen LogP contribution in [0.5, 0.6) is 5.75 Å². The molecule has 26 heavy (non-hydrogen) atoms. The molecular weight excluding hydrogens is 350 g/mol. The van der Waals surface area contributed by atoms with Gasteiger partial charge in [-0.15, -0.1) is 0 Å². The monoisotopic (exact) mass is 371 g/mol. The predicted octanol–water partition coefficient (Wildman–Crippen LogP) is 3.27. The van der Waals surface area contributed by atoms with Crippen LogP contribution in [0.2, 0.25) is 0 Å². The second kappa shape index (κ2) is 6.96. The Labute approximate surface area is 153 Å². The third-order valence-corrected chi connectivity index (χ3v) is 5.64. The Morgan fingerprint density at radius 1 is 1.12 bits per heavy atom. The van der Waals surface area contributed by atoms with E-state index in [2.05, 4.69) is 0 Å². The van der Waals surface area contributed by atoms with Gasteiger partial charge in [0.2, 0.25) is 0 Å². The highest BCUT2D eigenvalue weighted by Gasteiger charge is 2.32. The van der Waals surface area contributed by atoms with Crippen LogP contribution in [0.15, 0.2) is 53.9 Å². The summed E-state index contributed by atoms with van der Waals surface area (Å²) in [5, 5.41) is 1.19. The third kappa shape index (κ3) is 3.80. The Hall–Kier alpha value is -2.60. The first kappa shape index (κ1) is 18.2. The van der Waals surface area contributed by atoms with Crippen molar-refractivity contribution in [2.24, 2.45) is 0 Å². The number of methoxy groups -OCH3 is 1. The van der Waals surface area contributed by atoms with Gasteiger partial charge in [0.15, 0.2) is 9.84 Å².